The van der Waals surface area contributed by atoms with Crippen molar-refractivity contribution in [2.75, 3.05) is 11.5 Å². The lowest BCUT2D eigenvalue weighted by Crippen LogP contribution is -2.35. The molecule has 0 saturated carbocycles. The van der Waals surface area contributed by atoms with E-state index in [1.165, 1.54) is 12.1 Å². The van der Waals surface area contributed by atoms with E-state index in [2.05, 4.69) is 0 Å². The van der Waals surface area contributed by atoms with E-state index in [1.54, 1.807) is 0 Å². The zero-order chi connectivity index (χ0) is 13.3. The van der Waals surface area contributed by atoms with E-state index in [0.29, 0.717) is 19.3 Å². The van der Waals surface area contributed by atoms with Gasteiger partial charge in [0.15, 0.2) is 15.6 Å². The molecule has 1 heterocycles. The highest BCUT2D eigenvalue weighted by atomic mass is 32.2. The van der Waals surface area contributed by atoms with Crippen LogP contribution in [0.4, 0.5) is 10.1 Å². The van der Waals surface area contributed by atoms with Crippen molar-refractivity contribution in [1.29, 1.82) is 0 Å². The Morgan fingerprint density at radius 1 is 1.33 bits per heavy atom. The molecule has 98 valence electrons. The highest BCUT2D eigenvalue weighted by molar-refractivity contribution is 7.92. The van der Waals surface area contributed by atoms with Gasteiger partial charge in [-0.15, -0.1) is 0 Å². The zero-order valence-corrected chi connectivity index (χ0v) is 10.5. The van der Waals surface area contributed by atoms with Crippen molar-refractivity contribution >= 4 is 21.3 Å². The van der Waals surface area contributed by atoms with Gasteiger partial charge in [0.05, 0.1) is 11.4 Å². The summed E-state index contributed by atoms with van der Waals surface area (Å²) in [7, 11) is -3.40. The molecule has 0 radical (unpaired) electrons. The Labute approximate surface area is 105 Å². The molecule has 18 heavy (non-hydrogen) atoms. The molecule has 1 aliphatic heterocycles. The molecule has 1 aromatic carbocycles. The Kier molecular flexibility index (Phi) is 3.38. The molecule has 0 aromatic heterocycles. The van der Waals surface area contributed by atoms with E-state index in [9.17, 15) is 17.6 Å². The Morgan fingerprint density at radius 3 is 2.67 bits per heavy atom. The van der Waals surface area contributed by atoms with Crippen LogP contribution in [-0.2, 0) is 9.84 Å². The monoisotopic (exact) mass is 271 g/mol. The minimum atomic E-state index is -3.40. The Morgan fingerprint density at radius 2 is 2.06 bits per heavy atom. The van der Waals surface area contributed by atoms with Crippen LogP contribution in [0.25, 0.3) is 0 Å². The highest BCUT2D eigenvalue weighted by Crippen LogP contribution is 2.24. The van der Waals surface area contributed by atoms with Crippen LogP contribution in [0.3, 0.4) is 0 Å². The minimum Gasteiger partial charge on any atom is -0.396 e. The number of hydrogen-bond acceptors (Lipinski definition) is 4. The van der Waals surface area contributed by atoms with Gasteiger partial charge in [-0.3, -0.25) is 4.79 Å². The van der Waals surface area contributed by atoms with Crippen LogP contribution in [0.15, 0.2) is 18.2 Å². The average molecular weight is 271 g/mol. The van der Waals surface area contributed by atoms with Gasteiger partial charge in [-0.1, -0.05) is 6.42 Å². The Balaban J connectivity index is 2.33. The van der Waals surface area contributed by atoms with Crippen molar-refractivity contribution in [3.8, 4) is 0 Å². The molecule has 1 unspecified atom stereocenters. The standard InChI is InChI=1S/C12H14FNO3S/c13-9-7-8(4-5-10(9)14)12(15)11-3-1-2-6-18(11,16)17/h4-5,7,11H,1-3,6,14H2. The molecular weight excluding hydrogens is 257 g/mol. The number of rotatable bonds is 2. The summed E-state index contributed by atoms with van der Waals surface area (Å²) in [5.74, 6) is -1.21. The SMILES string of the molecule is Nc1ccc(C(=O)C2CCCCS2(=O)=O)cc1F. The molecule has 6 heteroatoms. The number of carbonyl (C=O) groups excluding carboxylic acids is 1. The molecule has 1 fully saturated rings. The van der Waals surface area contributed by atoms with Gasteiger partial charge in [-0.2, -0.15) is 0 Å². The number of ketones is 1. The van der Waals surface area contributed by atoms with Crippen molar-refractivity contribution < 1.29 is 17.6 Å². The van der Waals surface area contributed by atoms with Gasteiger partial charge in [0.25, 0.3) is 0 Å². The second-order valence-corrected chi connectivity index (χ2v) is 6.75. The number of sulfone groups is 1. The second kappa shape index (κ2) is 4.68. The van der Waals surface area contributed by atoms with E-state index in [0.717, 1.165) is 6.07 Å². The third-order valence-corrected chi connectivity index (χ3v) is 5.33. The van der Waals surface area contributed by atoms with Crippen LogP contribution >= 0.6 is 0 Å². The molecule has 1 atom stereocenters. The van der Waals surface area contributed by atoms with Crippen molar-refractivity contribution in [1.82, 2.24) is 0 Å². The van der Waals surface area contributed by atoms with Crippen LogP contribution in [0.2, 0.25) is 0 Å². The maximum atomic E-state index is 13.3. The largest absolute Gasteiger partial charge is 0.396 e. The molecule has 0 aliphatic carbocycles. The summed E-state index contributed by atoms with van der Waals surface area (Å²) in [6, 6.07) is 3.64. The van der Waals surface area contributed by atoms with Crippen molar-refractivity contribution in [3.05, 3.63) is 29.6 Å². The lowest BCUT2D eigenvalue weighted by molar-refractivity contribution is 0.0981. The van der Waals surface area contributed by atoms with Crippen molar-refractivity contribution in [3.63, 3.8) is 0 Å². The summed E-state index contributed by atoms with van der Waals surface area (Å²) in [5.41, 5.74) is 5.33. The van der Waals surface area contributed by atoms with Crippen LogP contribution in [0, 0.1) is 5.82 Å². The molecule has 0 amide bonds. The molecule has 2 N–H and O–H groups in total. The fraction of sp³-hybridized carbons (Fsp3) is 0.417. The summed E-state index contributed by atoms with van der Waals surface area (Å²) in [6.07, 6.45) is 1.60. The molecule has 0 bridgehead atoms. The first-order valence-corrected chi connectivity index (χ1v) is 7.44. The Bertz CT molecular complexity index is 583. The van der Waals surface area contributed by atoms with Crippen molar-refractivity contribution in [2.45, 2.75) is 24.5 Å². The van der Waals surface area contributed by atoms with Crippen LogP contribution < -0.4 is 5.73 Å². The normalized spacial score (nSPS) is 22.6. The van der Waals surface area contributed by atoms with Crippen LogP contribution in [0.1, 0.15) is 29.6 Å². The van der Waals surface area contributed by atoms with Gasteiger partial charge in [-0.25, -0.2) is 12.8 Å². The average Bonchev–Trinajstić information content (AvgIpc) is 2.31. The number of nitrogens with two attached hydrogens (primary N) is 1. The van der Waals surface area contributed by atoms with Gasteiger partial charge < -0.3 is 5.73 Å². The molecule has 0 spiro atoms. The van der Waals surface area contributed by atoms with Gasteiger partial charge in [0, 0.05) is 5.56 Å². The van der Waals surface area contributed by atoms with E-state index < -0.39 is 26.7 Å². The predicted octanol–water partition coefficient (Wildman–Crippen LogP) is 1.56. The minimum absolute atomic E-state index is 0.0286. The lowest BCUT2D eigenvalue weighted by Gasteiger charge is -2.21. The molecule has 1 aliphatic rings. The summed E-state index contributed by atoms with van der Waals surface area (Å²) in [6.45, 7) is 0. The third kappa shape index (κ3) is 2.38. The maximum Gasteiger partial charge on any atom is 0.181 e. The van der Waals surface area contributed by atoms with E-state index in [4.69, 9.17) is 5.73 Å². The Hall–Kier alpha value is -1.43. The lowest BCUT2D eigenvalue weighted by atomic mass is 10.0. The zero-order valence-electron chi connectivity index (χ0n) is 9.73. The van der Waals surface area contributed by atoms with Crippen LogP contribution in [-0.4, -0.2) is 25.2 Å². The summed E-state index contributed by atoms with van der Waals surface area (Å²) in [4.78, 5) is 12.1. The van der Waals surface area contributed by atoms with Gasteiger partial charge in [0.1, 0.15) is 11.1 Å². The number of benzene rings is 1. The van der Waals surface area contributed by atoms with Gasteiger partial charge in [-0.05, 0) is 31.0 Å². The molecule has 1 saturated heterocycles. The summed E-state index contributed by atoms with van der Waals surface area (Å²) in [5, 5.41) is -1.03. The molecule has 4 nitrogen and oxygen atoms in total. The number of nitrogen functional groups attached to an aromatic ring is 1. The van der Waals surface area contributed by atoms with Crippen molar-refractivity contribution in [2.24, 2.45) is 0 Å². The number of carbonyl (C=O) groups is 1. The fourth-order valence-electron chi connectivity index (χ4n) is 2.12. The first kappa shape index (κ1) is 13.0. The smallest absolute Gasteiger partial charge is 0.181 e. The fourth-order valence-corrected chi connectivity index (χ4v) is 3.99. The third-order valence-electron chi connectivity index (χ3n) is 3.16. The van der Waals surface area contributed by atoms with Crippen LogP contribution in [0.5, 0.6) is 0 Å². The topological polar surface area (TPSA) is 77.2 Å². The van der Waals surface area contributed by atoms with E-state index in [1.807, 2.05) is 0 Å². The van der Waals surface area contributed by atoms with E-state index >= 15 is 0 Å². The number of Topliss-reactive ketones (excluding diaryl/α,β-unsaturated/α-hetero) is 1. The van der Waals surface area contributed by atoms with E-state index in [-0.39, 0.29) is 17.0 Å². The first-order valence-electron chi connectivity index (χ1n) is 5.72. The summed E-state index contributed by atoms with van der Waals surface area (Å²) >= 11 is 0. The molecule has 1 aromatic rings. The second-order valence-electron chi connectivity index (χ2n) is 4.45. The quantitative estimate of drug-likeness (QED) is 0.654. The number of hydrogen-bond donors (Lipinski definition) is 1. The first-order chi connectivity index (χ1) is 8.42. The number of anilines is 1. The number of halogens is 1. The summed E-state index contributed by atoms with van der Waals surface area (Å²) < 4.78 is 36.9. The molecular formula is C12H14FNO3S. The predicted molar refractivity (Wildman–Crippen MR) is 66.6 cm³/mol. The molecule has 2 rings (SSSR count). The highest BCUT2D eigenvalue weighted by Gasteiger charge is 2.35. The van der Waals surface area contributed by atoms with Gasteiger partial charge in [0.2, 0.25) is 0 Å². The maximum absolute atomic E-state index is 13.3. The van der Waals surface area contributed by atoms with Gasteiger partial charge >= 0.3 is 0 Å².